The number of rotatable bonds is 2. The van der Waals surface area contributed by atoms with Crippen LogP contribution in [-0.4, -0.2) is 30.1 Å². The molecule has 0 saturated carbocycles. The molecule has 4 aromatic heterocycles. The summed E-state index contributed by atoms with van der Waals surface area (Å²) in [6.07, 6.45) is 10.9. The summed E-state index contributed by atoms with van der Waals surface area (Å²) in [5, 5.41) is 11.2. The molecule has 0 atom stereocenters. The van der Waals surface area contributed by atoms with E-state index in [-0.39, 0.29) is 0 Å². The van der Waals surface area contributed by atoms with Crippen molar-refractivity contribution in [2.75, 3.05) is 0 Å². The van der Waals surface area contributed by atoms with E-state index in [1.807, 2.05) is 17.1 Å². The van der Waals surface area contributed by atoms with Crippen molar-refractivity contribution in [2.24, 2.45) is 0 Å². The normalized spacial score (nSPS) is 11.6. The summed E-state index contributed by atoms with van der Waals surface area (Å²) in [7, 11) is 0. The molecule has 0 fully saturated rings. The lowest BCUT2D eigenvalue weighted by Crippen LogP contribution is -2.29. The van der Waals surface area contributed by atoms with Crippen LogP contribution in [0.3, 0.4) is 0 Å². The van der Waals surface area contributed by atoms with Gasteiger partial charge in [-0.05, 0) is 29.8 Å². The van der Waals surface area contributed by atoms with E-state index in [0.29, 0.717) is 0 Å². The van der Waals surface area contributed by atoms with Gasteiger partial charge < -0.3 is 4.98 Å². The van der Waals surface area contributed by atoms with Crippen molar-refractivity contribution in [3.05, 3.63) is 73.8 Å². The smallest absolute Gasteiger partial charge is 0.309 e. The highest BCUT2D eigenvalue weighted by Gasteiger charge is 2.15. The molecule has 0 bridgehead atoms. The molecule has 132 valence electrons. The molecule has 0 radical (unpaired) electrons. The first-order chi connectivity index (χ1) is 13.9. The lowest BCUT2D eigenvalue weighted by molar-refractivity contribution is -0.569. The molecule has 0 aliphatic heterocycles. The summed E-state index contributed by atoms with van der Waals surface area (Å²) < 4.78 is 2.03. The van der Waals surface area contributed by atoms with Crippen LogP contribution in [0.5, 0.6) is 0 Å². The first kappa shape index (κ1) is 15.0. The highest BCUT2D eigenvalue weighted by Crippen LogP contribution is 2.31. The molecule has 0 amide bonds. The van der Waals surface area contributed by atoms with Crippen LogP contribution in [0.15, 0.2) is 73.8 Å². The zero-order chi connectivity index (χ0) is 18.5. The topological polar surface area (TPSA) is 87.0 Å². The molecule has 2 N–H and O–H groups in total. The third-order valence-electron chi connectivity index (χ3n) is 5.07. The van der Waals surface area contributed by atoms with Crippen molar-refractivity contribution in [2.45, 2.75) is 0 Å². The van der Waals surface area contributed by atoms with Crippen LogP contribution in [0, 0.1) is 0 Å². The van der Waals surface area contributed by atoms with Gasteiger partial charge in [0, 0.05) is 33.4 Å². The summed E-state index contributed by atoms with van der Waals surface area (Å²) in [4.78, 5) is 15.1. The Morgan fingerprint density at radius 2 is 1.75 bits per heavy atom. The van der Waals surface area contributed by atoms with Crippen molar-refractivity contribution in [1.82, 2.24) is 30.1 Å². The number of fused-ring (bicyclic) bond motifs is 3. The molecule has 6 rings (SSSR count). The second kappa shape index (κ2) is 5.68. The fourth-order valence-corrected chi connectivity index (χ4v) is 3.67. The SMILES string of the molecule is c1ncc2[nH]c[n+](-c3ccc4[nH]cc(-c5ccc6cnncc6c5)c4c3)c2n1. The highest BCUT2D eigenvalue weighted by atomic mass is 15.1. The Morgan fingerprint density at radius 3 is 2.71 bits per heavy atom. The van der Waals surface area contributed by atoms with E-state index in [9.17, 15) is 0 Å². The lowest BCUT2D eigenvalue weighted by atomic mass is 10.0. The maximum atomic E-state index is 4.40. The quantitative estimate of drug-likeness (QED) is 0.462. The molecular weight excluding hydrogens is 350 g/mol. The van der Waals surface area contributed by atoms with Gasteiger partial charge in [0.05, 0.1) is 18.6 Å². The highest BCUT2D eigenvalue weighted by molar-refractivity contribution is 5.98. The maximum Gasteiger partial charge on any atom is 0.309 e. The Bertz CT molecular complexity index is 1480. The summed E-state index contributed by atoms with van der Waals surface area (Å²) >= 11 is 0. The van der Waals surface area contributed by atoms with Gasteiger partial charge in [-0.1, -0.05) is 17.1 Å². The maximum absolute atomic E-state index is 4.40. The molecule has 4 heterocycles. The molecular formula is C21H14N7+. The fourth-order valence-electron chi connectivity index (χ4n) is 3.67. The number of H-pyrrole nitrogens is 2. The molecule has 0 aliphatic carbocycles. The number of aromatic amines is 2. The minimum atomic E-state index is 0.843. The van der Waals surface area contributed by atoms with E-state index in [1.54, 1.807) is 24.9 Å². The molecule has 0 aliphatic rings. The van der Waals surface area contributed by atoms with Crippen LogP contribution in [0.2, 0.25) is 0 Å². The average Bonchev–Trinajstić information content (AvgIpc) is 3.37. The van der Waals surface area contributed by atoms with Crippen molar-refractivity contribution >= 4 is 32.8 Å². The first-order valence-electron chi connectivity index (χ1n) is 8.88. The summed E-state index contributed by atoms with van der Waals surface area (Å²) in [5.74, 6) is 0. The van der Waals surface area contributed by atoms with Crippen LogP contribution in [0.4, 0.5) is 0 Å². The van der Waals surface area contributed by atoms with Crippen molar-refractivity contribution in [3.63, 3.8) is 0 Å². The van der Waals surface area contributed by atoms with Crippen LogP contribution in [0.1, 0.15) is 0 Å². The van der Waals surface area contributed by atoms with Crippen molar-refractivity contribution < 1.29 is 4.57 Å². The number of benzene rings is 2. The fraction of sp³-hybridized carbons (Fsp3) is 0. The molecule has 7 heteroatoms. The standard InChI is InChI=1S/C21H13N7/c1-2-14-7-26-27-8-15(14)5-13(1)18-9-23-19-4-3-16(6-17(18)19)28-12-25-20-10-22-11-24-21(20)28/h1-12H,(H,23,26)/p+1. The second-order valence-electron chi connectivity index (χ2n) is 6.67. The number of hydrogen-bond donors (Lipinski definition) is 2. The molecule has 0 saturated heterocycles. The number of nitrogens with one attached hydrogen (secondary N) is 2. The molecule has 0 spiro atoms. The lowest BCUT2D eigenvalue weighted by Gasteiger charge is -2.04. The number of aromatic nitrogens is 7. The zero-order valence-electron chi connectivity index (χ0n) is 14.7. The van der Waals surface area contributed by atoms with Gasteiger partial charge in [0.25, 0.3) is 0 Å². The number of nitrogens with zero attached hydrogens (tertiary/aromatic N) is 5. The van der Waals surface area contributed by atoms with Crippen LogP contribution >= 0.6 is 0 Å². The predicted octanol–water partition coefficient (Wildman–Crippen LogP) is 3.33. The predicted molar refractivity (Wildman–Crippen MR) is 106 cm³/mol. The third-order valence-corrected chi connectivity index (χ3v) is 5.07. The van der Waals surface area contributed by atoms with Gasteiger partial charge in [-0.2, -0.15) is 14.8 Å². The largest absolute Gasteiger partial charge is 0.361 e. The Kier molecular flexibility index (Phi) is 3.04. The van der Waals surface area contributed by atoms with Gasteiger partial charge in [0.15, 0.2) is 18.2 Å². The molecule has 7 nitrogen and oxygen atoms in total. The van der Waals surface area contributed by atoms with E-state index < -0.39 is 0 Å². The zero-order valence-corrected chi connectivity index (χ0v) is 14.7. The van der Waals surface area contributed by atoms with E-state index >= 15 is 0 Å². The molecule has 0 unspecified atom stereocenters. The Hall–Kier alpha value is -4.13. The van der Waals surface area contributed by atoms with Gasteiger partial charge in [-0.15, -0.1) is 0 Å². The van der Waals surface area contributed by atoms with E-state index in [0.717, 1.165) is 49.7 Å². The Balaban J connectivity index is 1.55. The molecule has 28 heavy (non-hydrogen) atoms. The summed E-state index contributed by atoms with van der Waals surface area (Å²) in [6, 6.07) is 12.7. The van der Waals surface area contributed by atoms with Gasteiger partial charge >= 0.3 is 5.65 Å². The van der Waals surface area contributed by atoms with Gasteiger partial charge in [0.1, 0.15) is 5.69 Å². The Labute approximate surface area is 158 Å². The average molecular weight is 364 g/mol. The van der Waals surface area contributed by atoms with Crippen LogP contribution in [0.25, 0.3) is 49.7 Å². The summed E-state index contributed by atoms with van der Waals surface area (Å²) in [5.41, 5.74) is 6.13. The van der Waals surface area contributed by atoms with Crippen LogP contribution < -0.4 is 4.57 Å². The minimum Gasteiger partial charge on any atom is -0.361 e. The Morgan fingerprint density at radius 1 is 0.821 bits per heavy atom. The van der Waals surface area contributed by atoms with E-state index in [1.165, 1.54) is 0 Å². The van der Waals surface area contributed by atoms with Gasteiger partial charge in [-0.3, -0.25) is 4.98 Å². The monoisotopic (exact) mass is 364 g/mol. The second-order valence-corrected chi connectivity index (χ2v) is 6.67. The molecule has 2 aromatic carbocycles. The number of imidazole rings is 1. The van der Waals surface area contributed by atoms with Crippen molar-refractivity contribution in [1.29, 1.82) is 0 Å². The van der Waals surface area contributed by atoms with Gasteiger partial charge in [0.2, 0.25) is 0 Å². The van der Waals surface area contributed by atoms with E-state index in [2.05, 4.69) is 66.5 Å². The van der Waals surface area contributed by atoms with Crippen molar-refractivity contribution in [3.8, 4) is 16.8 Å². The first-order valence-corrected chi connectivity index (χ1v) is 8.88. The van der Waals surface area contributed by atoms with Crippen LogP contribution in [-0.2, 0) is 0 Å². The minimum absolute atomic E-state index is 0.843. The van der Waals surface area contributed by atoms with E-state index in [4.69, 9.17) is 0 Å². The third kappa shape index (κ3) is 2.20. The number of hydrogen-bond acceptors (Lipinski definition) is 4. The molecule has 6 aromatic rings. The van der Waals surface area contributed by atoms with Gasteiger partial charge in [-0.25, -0.2) is 4.98 Å². The summed E-state index contributed by atoms with van der Waals surface area (Å²) in [6.45, 7) is 0.